The zero-order chi connectivity index (χ0) is 20.0. The fraction of sp³-hybridized carbons (Fsp3) is 0.429. The molecule has 1 saturated carbocycles. The quantitative estimate of drug-likeness (QED) is 0.657. The summed E-state index contributed by atoms with van der Waals surface area (Å²) >= 11 is 0. The first-order valence-electron chi connectivity index (χ1n) is 9.99. The molecule has 3 heterocycles. The van der Waals surface area contributed by atoms with E-state index in [1.54, 1.807) is 30.5 Å². The number of hydrogen-bond donors (Lipinski definition) is 0. The Morgan fingerprint density at radius 3 is 2.72 bits per heavy atom. The molecule has 1 unspecified atom stereocenters. The van der Waals surface area contributed by atoms with Crippen LogP contribution in [0.25, 0.3) is 10.9 Å². The van der Waals surface area contributed by atoms with Crippen molar-refractivity contribution in [2.24, 2.45) is 0 Å². The summed E-state index contributed by atoms with van der Waals surface area (Å²) in [6.07, 6.45) is 2.94. The average Bonchev–Trinajstić information content (AvgIpc) is 3.47. The van der Waals surface area contributed by atoms with Crippen molar-refractivity contribution in [3.63, 3.8) is 0 Å². The molecule has 1 saturated heterocycles. The predicted octanol–water partition coefficient (Wildman–Crippen LogP) is 3.67. The molecule has 8 heteroatoms. The van der Waals surface area contributed by atoms with Crippen LogP contribution in [0.3, 0.4) is 0 Å². The molecular formula is C21H21F2N5O. The smallest absolute Gasteiger partial charge is 0.261 e. The van der Waals surface area contributed by atoms with Gasteiger partial charge in [0.15, 0.2) is 0 Å². The Morgan fingerprint density at radius 2 is 1.93 bits per heavy atom. The molecule has 0 amide bonds. The van der Waals surface area contributed by atoms with Crippen molar-refractivity contribution in [3.05, 3.63) is 58.5 Å². The second kappa shape index (κ2) is 7.17. The second-order valence-corrected chi connectivity index (χ2v) is 7.69. The summed E-state index contributed by atoms with van der Waals surface area (Å²) in [7, 11) is 0. The van der Waals surface area contributed by atoms with Gasteiger partial charge < -0.3 is 4.90 Å². The van der Waals surface area contributed by atoms with Gasteiger partial charge >= 0.3 is 0 Å². The normalized spacial score (nSPS) is 19.4. The summed E-state index contributed by atoms with van der Waals surface area (Å²) in [6.45, 7) is 0.0800. The first kappa shape index (κ1) is 18.1. The van der Waals surface area contributed by atoms with Crippen molar-refractivity contribution in [1.82, 2.24) is 19.5 Å². The average molecular weight is 397 g/mol. The Hall–Kier alpha value is -2.90. The van der Waals surface area contributed by atoms with Crippen LogP contribution in [0.5, 0.6) is 0 Å². The molecule has 1 aliphatic carbocycles. The number of fused-ring (bicyclic) bond motifs is 1. The largest absolute Gasteiger partial charge is 0.346 e. The molecule has 1 aromatic carbocycles. The van der Waals surface area contributed by atoms with Crippen LogP contribution < -0.4 is 10.5 Å². The van der Waals surface area contributed by atoms with E-state index in [0.717, 1.165) is 48.4 Å². The minimum Gasteiger partial charge on any atom is -0.346 e. The first-order chi connectivity index (χ1) is 14.1. The Kier molecular flexibility index (Phi) is 4.49. The fourth-order valence-electron chi connectivity index (χ4n) is 4.13. The zero-order valence-electron chi connectivity index (χ0n) is 15.8. The Morgan fingerprint density at radius 1 is 1.10 bits per heavy atom. The number of alkyl halides is 2. The predicted molar refractivity (Wildman–Crippen MR) is 105 cm³/mol. The van der Waals surface area contributed by atoms with Gasteiger partial charge in [-0.2, -0.15) is 0 Å². The van der Waals surface area contributed by atoms with E-state index in [4.69, 9.17) is 4.98 Å². The monoisotopic (exact) mass is 397 g/mol. The van der Waals surface area contributed by atoms with E-state index in [2.05, 4.69) is 14.9 Å². The molecule has 2 aromatic heterocycles. The molecule has 0 bridgehead atoms. The van der Waals surface area contributed by atoms with Crippen LogP contribution in [0.15, 0.2) is 41.3 Å². The molecular weight excluding hydrogens is 376 g/mol. The van der Waals surface area contributed by atoms with Gasteiger partial charge in [0, 0.05) is 18.7 Å². The maximum atomic E-state index is 13.3. The van der Waals surface area contributed by atoms with Gasteiger partial charge in [0.2, 0.25) is 0 Å². The molecule has 1 aliphatic heterocycles. The van der Waals surface area contributed by atoms with Crippen molar-refractivity contribution >= 4 is 16.7 Å². The van der Waals surface area contributed by atoms with Gasteiger partial charge in [-0.15, -0.1) is 0 Å². The van der Waals surface area contributed by atoms with Gasteiger partial charge in [0.1, 0.15) is 17.5 Å². The maximum Gasteiger partial charge on any atom is 0.261 e. The maximum absolute atomic E-state index is 13.3. The third-order valence-electron chi connectivity index (χ3n) is 5.66. The highest BCUT2D eigenvalue weighted by molar-refractivity contribution is 5.77. The van der Waals surface area contributed by atoms with Gasteiger partial charge in [-0.1, -0.05) is 12.1 Å². The van der Waals surface area contributed by atoms with Gasteiger partial charge in [-0.05, 0) is 43.9 Å². The highest BCUT2D eigenvalue weighted by atomic mass is 19.3. The van der Waals surface area contributed by atoms with Crippen molar-refractivity contribution in [3.8, 4) is 0 Å². The molecule has 1 atom stereocenters. The fourth-order valence-corrected chi connectivity index (χ4v) is 4.13. The summed E-state index contributed by atoms with van der Waals surface area (Å²) in [4.78, 5) is 28.8. The van der Waals surface area contributed by atoms with Crippen LogP contribution in [-0.4, -0.2) is 32.5 Å². The number of rotatable bonds is 5. The number of anilines is 1. The van der Waals surface area contributed by atoms with Crippen LogP contribution in [0.2, 0.25) is 0 Å². The van der Waals surface area contributed by atoms with E-state index in [1.807, 2.05) is 6.07 Å². The van der Waals surface area contributed by atoms with Crippen LogP contribution in [0, 0.1) is 0 Å². The lowest BCUT2D eigenvalue weighted by Crippen LogP contribution is -2.34. The third-order valence-corrected chi connectivity index (χ3v) is 5.66. The van der Waals surface area contributed by atoms with Crippen molar-refractivity contribution in [1.29, 1.82) is 0 Å². The number of para-hydroxylation sites is 1. The van der Waals surface area contributed by atoms with Gasteiger partial charge in [0.25, 0.3) is 12.0 Å². The minimum atomic E-state index is -2.63. The first-order valence-corrected chi connectivity index (χ1v) is 9.99. The highest BCUT2D eigenvalue weighted by Crippen LogP contribution is 2.40. The lowest BCUT2D eigenvalue weighted by molar-refractivity contribution is 0.123. The summed E-state index contributed by atoms with van der Waals surface area (Å²) in [5, 5.41) is 0.361. The zero-order valence-corrected chi connectivity index (χ0v) is 15.8. The molecule has 29 heavy (non-hydrogen) atoms. The molecule has 0 spiro atoms. The number of halogens is 2. The number of aromatic nitrogens is 4. The van der Waals surface area contributed by atoms with E-state index in [9.17, 15) is 13.6 Å². The van der Waals surface area contributed by atoms with E-state index >= 15 is 0 Å². The summed E-state index contributed by atoms with van der Waals surface area (Å²) < 4.78 is 27.8. The Bertz CT molecular complexity index is 1110. The molecule has 3 aromatic rings. The highest BCUT2D eigenvalue weighted by Gasteiger charge is 2.33. The summed E-state index contributed by atoms with van der Waals surface area (Å²) in [5.41, 5.74) is 0.116. The number of hydrogen-bond acceptors (Lipinski definition) is 5. The third kappa shape index (κ3) is 3.36. The standard InChI is InChI=1S/C21H21F2N5O/c22-17(23)12-28-20(25-15-5-2-1-4-14(15)21(28)29)16-6-3-11-27(16)18-9-10-24-19(26-18)13-7-8-13/h1-2,4-5,9-10,13,16-17H,3,6-8,11-12H2. The van der Waals surface area contributed by atoms with Crippen molar-refractivity contribution in [2.45, 2.75) is 50.6 Å². The van der Waals surface area contributed by atoms with Crippen LogP contribution >= 0.6 is 0 Å². The van der Waals surface area contributed by atoms with E-state index < -0.39 is 18.5 Å². The molecule has 150 valence electrons. The summed E-state index contributed by atoms with van der Waals surface area (Å²) in [6, 6.07) is 8.49. The lowest BCUT2D eigenvalue weighted by atomic mass is 10.1. The molecule has 2 aliphatic rings. The Balaban J connectivity index is 1.61. The van der Waals surface area contributed by atoms with E-state index in [-0.39, 0.29) is 6.04 Å². The van der Waals surface area contributed by atoms with Gasteiger partial charge in [-0.3, -0.25) is 9.36 Å². The SMILES string of the molecule is O=c1c2ccccc2nc(C2CCCN2c2ccnc(C3CC3)n2)n1CC(F)F. The van der Waals surface area contributed by atoms with Crippen molar-refractivity contribution < 1.29 is 8.78 Å². The van der Waals surface area contributed by atoms with Crippen LogP contribution in [0.1, 0.15) is 49.3 Å². The van der Waals surface area contributed by atoms with Crippen LogP contribution in [-0.2, 0) is 6.54 Å². The van der Waals surface area contributed by atoms with Gasteiger partial charge in [-0.25, -0.2) is 23.7 Å². The second-order valence-electron chi connectivity index (χ2n) is 7.69. The van der Waals surface area contributed by atoms with E-state index in [0.29, 0.717) is 22.6 Å². The topological polar surface area (TPSA) is 63.9 Å². The minimum absolute atomic E-state index is 0.270. The van der Waals surface area contributed by atoms with Crippen LogP contribution in [0.4, 0.5) is 14.6 Å². The summed E-state index contributed by atoms with van der Waals surface area (Å²) in [5.74, 6) is 2.42. The van der Waals surface area contributed by atoms with E-state index in [1.165, 1.54) is 0 Å². The molecule has 6 nitrogen and oxygen atoms in total. The molecule has 5 rings (SSSR count). The molecule has 0 N–H and O–H groups in total. The van der Waals surface area contributed by atoms with Gasteiger partial charge in [0.05, 0.1) is 23.5 Å². The Labute approximate surface area is 166 Å². The number of nitrogens with zero attached hydrogens (tertiary/aromatic N) is 5. The molecule has 2 fully saturated rings. The lowest BCUT2D eigenvalue weighted by Gasteiger charge is -2.27. The number of benzene rings is 1. The molecule has 0 radical (unpaired) electrons. The van der Waals surface area contributed by atoms with Crippen molar-refractivity contribution in [2.75, 3.05) is 11.4 Å².